The van der Waals surface area contributed by atoms with Crippen LogP contribution in [0.5, 0.6) is 0 Å². The second kappa shape index (κ2) is 5.49. The van der Waals surface area contributed by atoms with Gasteiger partial charge in [0.1, 0.15) is 6.04 Å². The van der Waals surface area contributed by atoms with Crippen molar-refractivity contribution in [2.24, 2.45) is 18.7 Å². The van der Waals surface area contributed by atoms with Gasteiger partial charge in [-0.05, 0) is 13.3 Å². The van der Waals surface area contributed by atoms with Gasteiger partial charge in [-0.1, -0.05) is 0 Å². The molecule has 1 aromatic rings. The van der Waals surface area contributed by atoms with Gasteiger partial charge in [0.25, 0.3) is 0 Å². The Bertz CT molecular complexity index is 418. The normalized spacial score (nSPS) is 25.1. The molecule has 1 aromatic heterocycles. The highest BCUT2D eigenvalue weighted by atomic mass is 16.5. The van der Waals surface area contributed by atoms with Crippen molar-refractivity contribution in [3.8, 4) is 0 Å². The van der Waals surface area contributed by atoms with Crippen molar-refractivity contribution in [2.75, 3.05) is 13.2 Å². The number of aromatic nitrogens is 2. The fraction of sp³-hybridized carbons (Fsp3) is 0.667. The number of ether oxygens (including phenoxy) is 1. The number of nitrogens with one attached hydrogen (secondary N) is 1. The van der Waals surface area contributed by atoms with Gasteiger partial charge < -0.3 is 15.8 Å². The summed E-state index contributed by atoms with van der Waals surface area (Å²) in [6.07, 6.45) is 4.57. The smallest absolute Gasteiger partial charge is 0.241 e. The molecule has 1 aliphatic rings. The largest absolute Gasteiger partial charge is 0.378 e. The molecule has 6 heteroatoms. The number of rotatable bonds is 4. The van der Waals surface area contributed by atoms with E-state index in [2.05, 4.69) is 10.4 Å². The first-order valence-corrected chi connectivity index (χ1v) is 6.21. The standard InChI is InChI=1S/C12H20N4O2/c1-8-9(3-4-18-8)5-14-12(17)11(13)10-6-15-16(2)7-10/h6-9,11H,3-5,13H2,1-2H3,(H,14,17). The lowest BCUT2D eigenvalue weighted by Gasteiger charge is -2.16. The van der Waals surface area contributed by atoms with Gasteiger partial charge in [0.05, 0.1) is 12.3 Å². The molecule has 1 saturated heterocycles. The Balaban J connectivity index is 1.84. The molecule has 0 aliphatic carbocycles. The van der Waals surface area contributed by atoms with Gasteiger partial charge >= 0.3 is 0 Å². The third-order valence-corrected chi connectivity index (χ3v) is 3.44. The Morgan fingerprint density at radius 2 is 2.56 bits per heavy atom. The number of nitrogens with zero attached hydrogens (tertiary/aromatic N) is 2. The molecule has 3 N–H and O–H groups in total. The maximum Gasteiger partial charge on any atom is 0.241 e. The van der Waals surface area contributed by atoms with Crippen LogP contribution in [0.3, 0.4) is 0 Å². The van der Waals surface area contributed by atoms with E-state index in [0.29, 0.717) is 12.5 Å². The fourth-order valence-corrected chi connectivity index (χ4v) is 2.14. The van der Waals surface area contributed by atoms with Crippen LogP contribution in [0.25, 0.3) is 0 Å². The summed E-state index contributed by atoms with van der Waals surface area (Å²) >= 11 is 0. The number of carbonyl (C=O) groups is 1. The molecule has 6 nitrogen and oxygen atoms in total. The Morgan fingerprint density at radius 3 is 3.11 bits per heavy atom. The third-order valence-electron chi connectivity index (χ3n) is 3.44. The number of nitrogens with two attached hydrogens (primary N) is 1. The lowest BCUT2D eigenvalue weighted by Crippen LogP contribution is -2.38. The molecule has 3 unspecified atom stereocenters. The third kappa shape index (κ3) is 2.88. The number of hydrogen-bond acceptors (Lipinski definition) is 4. The van der Waals surface area contributed by atoms with Crippen LogP contribution in [0.4, 0.5) is 0 Å². The van der Waals surface area contributed by atoms with E-state index in [1.807, 2.05) is 6.92 Å². The number of carbonyl (C=O) groups excluding carboxylic acids is 1. The zero-order valence-electron chi connectivity index (χ0n) is 10.8. The molecule has 1 fully saturated rings. The van der Waals surface area contributed by atoms with Crippen LogP contribution in [-0.2, 0) is 16.6 Å². The first kappa shape index (κ1) is 13.0. The molecular formula is C12H20N4O2. The first-order valence-electron chi connectivity index (χ1n) is 6.21. The van der Waals surface area contributed by atoms with Crippen LogP contribution in [0.15, 0.2) is 12.4 Å². The van der Waals surface area contributed by atoms with E-state index in [9.17, 15) is 4.79 Å². The van der Waals surface area contributed by atoms with Gasteiger partial charge in [-0.25, -0.2) is 0 Å². The highest BCUT2D eigenvalue weighted by Crippen LogP contribution is 2.19. The highest BCUT2D eigenvalue weighted by Gasteiger charge is 2.25. The zero-order valence-corrected chi connectivity index (χ0v) is 10.8. The molecule has 0 aromatic carbocycles. The summed E-state index contributed by atoms with van der Waals surface area (Å²) in [6, 6.07) is -0.656. The van der Waals surface area contributed by atoms with E-state index < -0.39 is 6.04 Å². The Hall–Kier alpha value is -1.40. The van der Waals surface area contributed by atoms with E-state index in [1.165, 1.54) is 0 Å². The van der Waals surface area contributed by atoms with E-state index in [4.69, 9.17) is 10.5 Å². The van der Waals surface area contributed by atoms with Crippen molar-refractivity contribution in [3.05, 3.63) is 18.0 Å². The molecule has 3 atom stereocenters. The van der Waals surface area contributed by atoms with Gasteiger partial charge in [0.15, 0.2) is 0 Å². The molecule has 1 aliphatic heterocycles. The second-order valence-electron chi connectivity index (χ2n) is 4.79. The molecular weight excluding hydrogens is 232 g/mol. The summed E-state index contributed by atoms with van der Waals surface area (Å²) < 4.78 is 7.08. The monoisotopic (exact) mass is 252 g/mol. The highest BCUT2D eigenvalue weighted by molar-refractivity contribution is 5.82. The number of aryl methyl sites for hydroxylation is 1. The summed E-state index contributed by atoms with van der Waals surface area (Å²) in [7, 11) is 1.80. The molecule has 0 spiro atoms. The van der Waals surface area contributed by atoms with Gasteiger partial charge in [-0.15, -0.1) is 0 Å². The predicted octanol–water partition coefficient (Wildman–Crippen LogP) is -0.0389. The minimum atomic E-state index is -0.656. The zero-order chi connectivity index (χ0) is 13.1. The Morgan fingerprint density at radius 1 is 1.78 bits per heavy atom. The van der Waals surface area contributed by atoms with Crippen molar-refractivity contribution in [1.29, 1.82) is 0 Å². The summed E-state index contributed by atoms with van der Waals surface area (Å²) in [4.78, 5) is 11.9. The Labute approximate surface area is 106 Å². The van der Waals surface area contributed by atoms with Crippen molar-refractivity contribution >= 4 is 5.91 Å². The first-order chi connectivity index (χ1) is 8.58. The maximum absolute atomic E-state index is 11.9. The molecule has 0 bridgehead atoms. The molecule has 0 radical (unpaired) electrons. The lowest BCUT2D eigenvalue weighted by molar-refractivity contribution is -0.122. The van der Waals surface area contributed by atoms with Gasteiger partial charge in [0.2, 0.25) is 5.91 Å². The van der Waals surface area contributed by atoms with E-state index >= 15 is 0 Å². The molecule has 2 heterocycles. The van der Waals surface area contributed by atoms with Crippen molar-refractivity contribution in [2.45, 2.75) is 25.5 Å². The second-order valence-corrected chi connectivity index (χ2v) is 4.79. The Kier molecular flexibility index (Phi) is 3.98. The molecule has 0 saturated carbocycles. The van der Waals surface area contributed by atoms with E-state index in [-0.39, 0.29) is 12.0 Å². The average molecular weight is 252 g/mol. The van der Waals surface area contributed by atoms with Crippen molar-refractivity contribution < 1.29 is 9.53 Å². The van der Waals surface area contributed by atoms with Crippen LogP contribution >= 0.6 is 0 Å². The van der Waals surface area contributed by atoms with Crippen LogP contribution in [0.2, 0.25) is 0 Å². The number of hydrogen-bond donors (Lipinski definition) is 2. The lowest BCUT2D eigenvalue weighted by atomic mass is 10.0. The van der Waals surface area contributed by atoms with Gasteiger partial charge in [-0.2, -0.15) is 5.10 Å². The molecule has 18 heavy (non-hydrogen) atoms. The van der Waals surface area contributed by atoms with Gasteiger partial charge in [0, 0.05) is 37.9 Å². The van der Waals surface area contributed by atoms with E-state index in [0.717, 1.165) is 18.6 Å². The van der Waals surface area contributed by atoms with Crippen molar-refractivity contribution in [3.63, 3.8) is 0 Å². The summed E-state index contributed by atoms with van der Waals surface area (Å²) in [5.74, 6) is 0.220. The van der Waals surface area contributed by atoms with Crippen molar-refractivity contribution in [1.82, 2.24) is 15.1 Å². The minimum absolute atomic E-state index is 0.165. The van der Waals surface area contributed by atoms with Crippen LogP contribution in [-0.4, -0.2) is 34.9 Å². The molecule has 1 amide bonds. The predicted molar refractivity (Wildman–Crippen MR) is 66.7 cm³/mol. The van der Waals surface area contributed by atoms with E-state index in [1.54, 1.807) is 24.1 Å². The molecule has 100 valence electrons. The summed E-state index contributed by atoms with van der Waals surface area (Å²) in [5.41, 5.74) is 6.60. The molecule has 2 rings (SSSR count). The van der Waals surface area contributed by atoms with Crippen LogP contribution in [0, 0.1) is 5.92 Å². The summed E-state index contributed by atoms with van der Waals surface area (Å²) in [5, 5.41) is 6.89. The minimum Gasteiger partial charge on any atom is -0.378 e. The average Bonchev–Trinajstić information content (AvgIpc) is 2.94. The quantitative estimate of drug-likeness (QED) is 0.788. The van der Waals surface area contributed by atoms with Crippen LogP contribution in [0.1, 0.15) is 24.9 Å². The number of amides is 1. The van der Waals surface area contributed by atoms with Gasteiger partial charge in [-0.3, -0.25) is 9.48 Å². The fourth-order valence-electron chi connectivity index (χ4n) is 2.14. The van der Waals surface area contributed by atoms with Crippen LogP contribution < -0.4 is 11.1 Å². The summed E-state index contributed by atoms with van der Waals surface area (Å²) in [6.45, 7) is 3.43. The maximum atomic E-state index is 11.9. The SMILES string of the molecule is CC1OCCC1CNC(=O)C(N)c1cnn(C)c1. The topological polar surface area (TPSA) is 82.2 Å².